The number of rotatable bonds is 3. The van der Waals surface area contributed by atoms with Crippen molar-refractivity contribution in [2.24, 2.45) is 0 Å². The summed E-state index contributed by atoms with van der Waals surface area (Å²) in [6.45, 7) is 1.87. The van der Waals surface area contributed by atoms with Crippen molar-refractivity contribution < 1.29 is 14.6 Å². The summed E-state index contributed by atoms with van der Waals surface area (Å²) in [4.78, 5) is 14.1. The van der Waals surface area contributed by atoms with Gasteiger partial charge < -0.3 is 5.11 Å². The quantitative estimate of drug-likeness (QED) is 0.395. The van der Waals surface area contributed by atoms with Gasteiger partial charge >= 0.3 is 0 Å². The van der Waals surface area contributed by atoms with E-state index in [0.29, 0.717) is 5.56 Å². The van der Waals surface area contributed by atoms with Crippen molar-refractivity contribution >= 4 is 17.6 Å². The minimum absolute atomic E-state index is 0.00514. The van der Waals surface area contributed by atoms with Gasteiger partial charge in [-0.3, -0.25) is 10.1 Å². The predicted octanol–water partition coefficient (Wildman–Crippen LogP) is 2.10. The van der Waals surface area contributed by atoms with E-state index in [4.69, 9.17) is 0 Å². The summed E-state index contributed by atoms with van der Waals surface area (Å²) in [7, 11) is 0. The second kappa shape index (κ2) is 5.26. The second-order valence-electron chi connectivity index (χ2n) is 3.97. The number of benzene rings is 1. The maximum absolute atomic E-state index is 10.5. The lowest BCUT2D eigenvalue weighted by molar-refractivity contribution is -0.571. The summed E-state index contributed by atoms with van der Waals surface area (Å²) in [5, 5.41) is 20.4. The van der Waals surface area contributed by atoms with Gasteiger partial charge in [0.25, 0.3) is 12.0 Å². The maximum atomic E-state index is 10.5. The first-order valence-corrected chi connectivity index (χ1v) is 5.55. The molecule has 19 heavy (non-hydrogen) atoms. The Balaban J connectivity index is 2.25. The van der Waals surface area contributed by atoms with Gasteiger partial charge in [-0.2, -0.15) is 0 Å². The number of hydrogen-bond donors (Lipinski definition) is 1. The number of aryl methyl sites for hydroxylation is 1. The van der Waals surface area contributed by atoms with Crippen LogP contribution in [0.1, 0.15) is 11.3 Å². The van der Waals surface area contributed by atoms with E-state index < -0.39 is 4.92 Å². The summed E-state index contributed by atoms with van der Waals surface area (Å²) in [5.41, 5.74) is 1.36. The molecule has 0 amide bonds. The first-order valence-electron chi connectivity index (χ1n) is 5.55. The van der Waals surface area contributed by atoms with E-state index in [0.717, 1.165) is 5.69 Å². The average molecular weight is 258 g/mol. The van der Waals surface area contributed by atoms with Gasteiger partial charge in [-0.05, 0) is 12.1 Å². The molecule has 0 atom stereocenters. The van der Waals surface area contributed by atoms with Crippen LogP contribution in [0.4, 0.5) is 5.69 Å². The third-order valence-electron chi connectivity index (χ3n) is 2.53. The molecule has 1 aromatic carbocycles. The van der Waals surface area contributed by atoms with E-state index >= 15 is 0 Å². The van der Waals surface area contributed by atoms with Gasteiger partial charge in [-0.25, -0.2) is 4.57 Å². The van der Waals surface area contributed by atoms with Crippen molar-refractivity contribution in [3.8, 4) is 0 Å². The molecule has 0 aliphatic carbocycles. The summed E-state index contributed by atoms with van der Waals surface area (Å²) >= 11 is 0. The van der Waals surface area contributed by atoms with Crippen molar-refractivity contribution in [2.45, 2.75) is 6.92 Å². The highest BCUT2D eigenvalue weighted by atomic mass is 16.6. The van der Waals surface area contributed by atoms with Crippen LogP contribution in [0.2, 0.25) is 0 Å². The van der Waals surface area contributed by atoms with Gasteiger partial charge in [0.05, 0.1) is 11.1 Å². The Hall–Kier alpha value is -2.76. The molecule has 0 spiro atoms. The van der Waals surface area contributed by atoms with Crippen LogP contribution >= 0.6 is 0 Å². The highest BCUT2D eigenvalue weighted by Crippen LogP contribution is 2.16. The number of aromatic nitrogens is 2. The van der Waals surface area contributed by atoms with Crippen LogP contribution in [0.5, 0.6) is 0 Å². The molecule has 0 unspecified atom stereocenters. The molecule has 2 aromatic rings. The third kappa shape index (κ3) is 3.12. The van der Waals surface area contributed by atoms with E-state index in [2.05, 4.69) is 4.98 Å². The molecule has 6 nitrogen and oxygen atoms in total. The zero-order valence-electron chi connectivity index (χ0n) is 10.2. The highest BCUT2D eigenvalue weighted by Gasteiger charge is 2.07. The number of hydrogen-bond acceptors (Lipinski definition) is 4. The lowest BCUT2D eigenvalue weighted by atomic mass is 10.2. The molecule has 2 rings (SSSR count). The molecule has 1 aromatic heterocycles. The minimum atomic E-state index is -0.483. The summed E-state index contributed by atoms with van der Waals surface area (Å²) in [6.07, 6.45) is 4.80. The molecule has 1 N–H and O–H groups in total. The van der Waals surface area contributed by atoms with Crippen LogP contribution in [-0.4, -0.2) is 15.0 Å². The van der Waals surface area contributed by atoms with Gasteiger partial charge in [0.2, 0.25) is 0 Å². The fraction of sp³-hybridized carbons (Fsp3) is 0.0769. The Kier molecular flexibility index (Phi) is 3.51. The molecular formula is C13H12N3O3+. The highest BCUT2D eigenvalue weighted by molar-refractivity contribution is 5.66. The smallest absolute Gasteiger partial charge is 0.291 e. The number of nitro groups is 1. The summed E-state index contributed by atoms with van der Waals surface area (Å²) < 4.78 is 1.60. The van der Waals surface area contributed by atoms with Crippen molar-refractivity contribution in [1.29, 1.82) is 0 Å². The molecule has 6 heteroatoms. The lowest BCUT2D eigenvalue weighted by Crippen LogP contribution is -2.26. The van der Waals surface area contributed by atoms with Gasteiger partial charge in [-0.15, -0.1) is 0 Å². The normalized spacial score (nSPS) is 11.3. The summed E-state index contributed by atoms with van der Waals surface area (Å²) in [6, 6.07) is 7.48. The number of nitrogens with zero attached hydrogens (tertiary/aromatic N) is 3. The summed E-state index contributed by atoms with van der Waals surface area (Å²) in [5.74, 6) is 0.00514. The Bertz CT molecular complexity index is 619. The number of non-ortho nitro benzene ring substituents is 1. The van der Waals surface area contributed by atoms with Crippen LogP contribution in [-0.2, 0) is 0 Å². The predicted molar refractivity (Wildman–Crippen MR) is 69.1 cm³/mol. The minimum Gasteiger partial charge on any atom is -0.504 e. The monoisotopic (exact) mass is 258 g/mol. The molecule has 96 valence electrons. The Morgan fingerprint density at radius 1 is 1.37 bits per heavy atom. The number of aliphatic hydroxyl groups is 1. The zero-order chi connectivity index (χ0) is 13.8. The van der Waals surface area contributed by atoms with Gasteiger partial charge in [0, 0.05) is 30.7 Å². The van der Waals surface area contributed by atoms with E-state index in [1.54, 1.807) is 23.2 Å². The maximum Gasteiger partial charge on any atom is 0.291 e. The van der Waals surface area contributed by atoms with Crippen LogP contribution in [0, 0.1) is 17.0 Å². The first-order chi connectivity index (χ1) is 9.06. The molecule has 0 fully saturated rings. The number of aliphatic hydroxyl groups excluding tert-OH is 1. The molecule has 0 radical (unpaired) electrons. The van der Waals surface area contributed by atoms with Gasteiger partial charge in [0.15, 0.2) is 11.5 Å². The second-order valence-corrected chi connectivity index (χ2v) is 3.97. The molecular weight excluding hydrogens is 246 g/mol. The van der Waals surface area contributed by atoms with Crippen molar-refractivity contribution in [3.05, 3.63) is 64.2 Å². The fourth-order valence-electron chi connectivity index (χ4n) is 1.48. The van der Waals surface area contributed by atoms with Crippen molar-refractivity contribution in [1.82, 2.24) is 4.98 Å². The Morgan fingerprint density at radius 3 is 2.58 bits per heavy atom. The first kappa shape index (κ1) is 12.7. The Labute approximate surface area is 109 Å². The molecule has 0 saturated heterocycles. The van der Waals surface area contributed by atoms with Crippen molar-refractivity contribution in [2.75, 3.05) is 0 Å². The van der Waals surface area contributed by atoms with E-state index in [1.165, 1.54) is 30.5 Å². The molecule has 0 aliphatic rings. The van der Waals surface area contributed by atoms with E-state index in [-0.39, 0.29) is 11.4 Å². The third-order valence-corrected chi connectivity index (χ3v) is 2.53. The number of nitro benzene ring substituents is 1. The van der Waals surface area contributed by atoms with E-state index in [1.807, 2.05) is 6.92 Å². The van der Waals surface area contributed by atoms with Crippen molar-refractivity contribution in [3.63, 3.8) is 0 Å². The van der Waals surface area contributed by atoms with E-state index in [9.17, 15) is 15.2 Å². The van der Waals surface area contributed by atoms with Gasteiger partial charge in [-0.1, -0.05) is 4.98 Å². The van der Waals surface area contributed by atoms with Crippen LogP contribution in [0.15, 0.2) is 42.9 Å². The van der Waals surface area contributed by atoms with Gasteiger partial charge in [0.1, 0.15) is 6.20 Å². The fourth-order valence-corrected chi connectivity index (χ4v) is 1.48. The topological polar surface area (TPSA) is 80.1 Å². The molecule has 1 heterocycles. The Morgan fingerprint density at radius 2 is 2.05 bits per heavy atom. The lowest BCUT2D eigenvalue weighted by Gasteiger charge is -1.99. The molecule has 0 aliphatic heterocycles. The largest absolute Gasteiger partial charge is 0.504 e. The average Bonchev–Trinajstić information content (AvgIpc) is 2.41. The standard InChI is InChI=1S/C13H11N3O3/c1-10-6-7-15(9-14-10)8-13(17)11-2-4-12(5-3-11)16(18)19/h2-9H,1H3/p+1/b13-8+. The molecule has 0 bridgehead atoms. The SMILES string of the molecule is Cc1cc[n+](/C=C(/O)c2ccc([N+](=O)[O-])cc2)cn1. The molecule has 0 saturated carbocycles. The zero-order valence-corrected chi connectivity index (χ0v) is 10.2. The van der Waals surface area contributed by atoms with Crippen LogP contribution < -0.4 is 4.57 Å². The van der Waals surface area contributed by atoms with Crippen LogP contribution in [0.3, 0.4) is 0 Å². The van der Waals surface area contributed by atoms with Crippen LogP contribution in [0.25, 0.3) is 12.0 Å².